The third-order valence-corrected chi connectivity index (χ3v) is 5.30. The van der Waals surface area contributed by atoms with Crippen molar-refractivity contribution in [2.24, 2.45) is 5.84 Å². The Hall–Kier alpha value is -2.19. The first-order valence-electron chi connectivity index (χ1n) is 8.29. The number of aliphatic hydroxyl groups is 2. The highest BCUT2D eigenvalue weighted by molar-refractivity contribution is 7.99. The summed E-state index contributed by atoms with van der Waals surface area (Å²) in [7, 11) is 0. The van der Waals surface area contributed by atoms with Gasteiger partial charge < -0.3 is 26.0 Å². The van der Waals surface area contributed by atoms with E-state index in [0.717, 1.165) is 12.2 Å². The third-order valence-electron chi connectivity index (χ3n) is 4.16. The smallest absolute Gasteiger partial charge is 0.328 e. The Morgan fingerprint density at radius 3 is 2.93 bits per heavy atom. The van der Waals surface area contributed by atoms with Gasteiger partial charge in [-0.1, -0.05) is 0 Å². The molecule has 1 fully saturated rings. The average Bonchev–Trinajstić information content (AvgIpc) is 3.21. The van der Waals surface area contributed by atoms with Crippen molar-refractivity contribution in [2.45, 2.75) is 31.0 Å². The number of hydrogen-bond acceptors (Lipinski definition) is 10. The number of hydrazine groups is 1. The maximum Gasteiger partial charge on any atom is 0.328 e. The first-order chi connectivity index (χ1) is 13.0. The maximum atomic E-state index is 10.9. The van der Waals surface area contributed by atoms with Gasteiger partial charge in [0, 0.05) is 12.3 Å². The highest BCUT2D eigenvalue weighted by atomic mass is 32.2. The lowest BCUT2D eigenvalue weighted by atomic mass is 10.1. The van der Waals surface area contributed by atoms with Crippen LogP contribution in [-0.2, 0) is 4.74 Å². The van der Waals surface area contributed by atoms with Gasteiger partial charge in [-0.15, -0.1) is 0 Å². The summed E-state index contributed by atoms with van der Waals surface area (Å²) in [5, 5.41) is 23.3. The van der Waals surface area contributed by atoms with Crippen LogP contribution in [0, 0.1) is 0 Å². The lowest BCUT2D eigenvalue weighted by Crippen LogP contribution is -2.40. The zero-order chi connectivity index (χ0) is 19.4. The minimum absolute atomic E-state index is 0.232. The molecule has 1 aliphatic heterocycles. The number of nitrogens with zero attached hydrogens (tertiary/aromatic N) is 4. The second kappa shape index (κ2) is 8.67. The first-order valence-corrected chi connectivity index (χ1v) is 9.45. The molecule has 8 N–H and O–H groups in total. The number of hydrogen-bond donors (Lipinski definition) is 6. The van der Waals surface area contributed by atoms with Gasteiger partial charge in [0.25, 0.3) is 0 Å². The summed E-state index contributed by atoms with van der Waals surface area (Å²) in [6.45, 7) is 0.484. The van der Waals surface area contributed by atoms with E-state index in [4.69, 9.17) is 16.3 Å². The lowest BCUT2D eigenvalue weighted by Gasteiger charge is -2.16. The largest absolute Gasteiger partial charge is 0.387 e. The van der Waals surface area contributed by atoms with Crippen LogP contribution in [0.15, 0.2) is 12.7 Å². The van der Waals surface area contributed by atoms with Gasteiger partial charge in [0.2, 0.25) is 0 Å². The summed E-state index contributed by atoms with van der Waals surface area (Å²) in [5.41, 5.74) is 8.59. The molecule has 2 aromatic heterocycles. The molecular formula is C14H22N8O4S. The number of urea groups is 1. The molecule has 1 saturated heterocycles. The molecule has 0 aliphatic carbocycles. The van der Waals surface area contributed by atoms with Crippen LogP contribution < -0.4 is 22.3 Å². The number of fused-ring (bicyclic) bond motifs is 1. The zero-order valence-electron chi connectivity index (χ0n) is 14.4. The monoisotopic (exact) mass is 398 g/mol. The van der Waals surface area contributed by atoms with E-state index in [0.29, 0.717) is 23.5 Å². The molecule has 27 heavy (non-hydrogen) atoms. The summed E-state index contributed by atoms with van der Waals surface area (Å²) in [6, 6.07) is -0.433. The molecule has 4 atom stereocenters. The van der Waals surface area contributed by atoms with E-state index in [1.807, 2.05) is 5.43 Å². The number of aromatic nitrogens is 4. The molecule has 0 unspecified atom stereocenters. The number of anilines is 1. The van der Waals surface area contributed by atoms with Crippen LogP contribution >= 0.6 is 11.8 Å². The van der Waals surface area contributed by atoms with Gasteiger partial charge in [0.05, 0.1) is 12.4 Å². The number of amides is 2. The van der Waals surface area contributed by atoms with E-state index in [-0.39, 0.29) is 5.82 Å². The van der Waals surface area contributed by atoms with Crippen LogP contribution in [0.5, 0.6) is 0 Å². The number of nitrogen functional groups attached to an aromatic ring is 1. The highest BCUT2D eigenvalue weighted by Crippen LogP contribution is 2.33. The highest BCUT2D eigenvalue weighted by Gasteiger charge is 2.44. The lowest BCUT2D eigenvalue weighted by molar-refractivity contribution is -0.0289. The second-order valence-corrected chi connectivity index (χ2v) is 7.11. The van der Waals surface area contributed by atoms with E-state index in [1.165, 1.54) is 12.7 Å². The van der Waals surface area contributed by atoms with Crippen molar-refractivity contribution in [2.75, 3.05) is 23.8 Å². The van der Waals surface area contributed by atoms with Crippen LogP contribution in [0.1, 0.15) is 12.6 Å². The van der Waals surface area contributed by atoms with Gasteiger partial charge in [-0.05, 0) is 12.2 Å². The molecule has 0 spiro atoms. The van der Waals surface area contributed by atoms with Crippen LogP contribution in [0.3, 0.4) is 0 Å². The van der Waals surface area contributed by atoms with Crippen molar-refractivity contribution < 1.29 is 19.7 Å². The molecule has 12 nitrogen and oxygen atoms in total. The summed E-state index contributed by atoms with van der Waals surface area (Å²) in [4.78, 5) is 23.1. The van der Waals surface area contributed by atoms with Crippen LogP contribution in [-0.4, -0.2) is 72.1 Å². The Bertz CT molecular complexity index is 790. The Kier molecular flexibility index (Phi) is 6.28. The SMILES string of the molecule is NNC(=O)NCCCSC[C@H]1O[C@@H](n2cnc3c(N)ncnc32)[C@H](O)[C@@H]1O. The number of carbonyl (C=O) groups is 1. The topological polar surface area (TPSA) is 186 Å². The van der Waals surface area contributed by atoms with E-state index in [1.54, 1.807) is 16.3 Å². The van der Waals surface area contributed by atoms with E-state index < -0.39 is 30.6 Å². The fraction of sp³-hybridized carbons (Fsp3) is 0.571. The number of thioether (sulfide) groups is 1. The zero-order valence-corrected chi connectivity index (χ0v) is 15.2. The van der Waals surface area contributed by atoms with Gasteiger partial charge in [-0.2, -0.15) is 11.8 Å². The summed E-state index contributed by atoms with van der Waals surface area (Å²) in [5.74, 6) is 6.43. The van der Waals surface area contributed by atoms with Crippen LogP contribution in [0.4, 0.5) is 10.6 Å². The fourth-order valence-electron chi connectivity index (χ4n) is 2.78. The number of carbonyl (C=O) groups excluding carboxylic acids is 1. The molecule has 0 aromatic carbocycles. The van der Waals surface area contributed by atoms with Crippen molar-refractivity contribution >= 4 is 34.8 Å². The Balaban J connectivity index is 1.54. The summed E-state index contributed by atoms with van der Waals surface area (Å²) in [6.07, 6.45) is -0.0408. The number of imidazole rings is 1. The maximum absolute atomic E-state index is 10.9. The molecular weight excluding hydrogens is 376 g/mol. The minimum atomic E-state index is -1.13. The molecule has 0 radical (unpaired) electrons. The predicted molar refractivity (Wildman–Crippen MR) is 98.3 cm³/mol. The molecule has 0 saturated carbocycles. The molecule has 2 amide bonds. The van der Waals surface area contributed by atoms with Gasteiger partial charge >= 0.3 is 6.03 Å². The second-order valence-electron chi connectivity index (χ2n) is 5.96. The molecule has 3 heterocycles. The summed E-state index contributed by atoms with van der Waals surface area (Å²) < 4.78 is 7.39. The van der Waals surface area contributed by atoms with Gasteiger partial charge in [-0.3, -0.25) is 9.99 Å². The molecule has 148 valence electrons. The average molecular weight is 398 g/mol. The van der Waals surface area contributed by atoms with Crippen molar-refractivity contribution in [1.29, 1.82) is 0 Å². The minimum Gasteiger partial charge on any atom is -0.387 e. The standard InChI is InChI=1S/C14H22N8O4S/c15-11-8-12(19-5-18-11)22(6-20-8)13-10(24)9(23)7(26-13)4-27-3-1-2-17-14(25)21-16/h5-7,9-10,13,23-24H,1-4,16H2,(H2,15,18,19)(H2,17,21,25)/t7-,9-,10-,13-/m1/s1. The molecule has 3 rings (SSSR count). The Morgan fingerprint density at radius 1 is 1.33 bits per heavy atom. The quantitative estimate of drug-likeness (QED) is 0.136. The van der Waals surface area contributed by atoms with Gasteiger partial charge in [0.1, 0.15) is 24.1 Å². The van der Waals surface area contributed by atoms with Crippen LogP contribution in [0.25, 0.3) is 11.2 Å². The van der Waals surface area contributed by atoms with Crippen molar-refractivity contribution in [3.05, 3.63) is 12.7 Å². The van der Waals surface area contributed by atoms with E-state index in [9.17, 15) is 15.0 Å². The first kappa shape index (κ1) is 19.6. The molecule has 2 aromatic rings. The van der Waals surface area contributed by atoms with E-state index >= 15 is 0 Å². The fourth-order valence-corrected chi connectivity index (χ4v) is 3.80. The number of nitrogens with one attached hydrogen (secondary N) is 2. The Labute approximate surface area is 158 Å². The number of rotatable bonds is 7. The predicted octanol–water partition coefficient (Wildman–Crippen LogP) is -1.68. The van der Waals surface area contributed by atoms with Gasteiger partial charge in [0.15, 0.2) is 17.7 Å². The van der Waals surface area contributed by atoms with Gasteiger partial charge in [-0.25, -0.2) is 25.6 Å². The summed E-state index contributed by atoms with van der Waals surface area (Å²) >= 11 is 1.55. The third kappa shape index (κ3) is 4.22. The van der Waals surface area contributed by atoms with Crippen LogP contribution in [0.2, 0.25) is 0 Å². The Morgan fingerprint density at radius 2 is 2.15 bits per heavy atom. The number of nitrogens with two attached hydrogens (primary N) is 2. The number of aliphatic hydroxyl groups excluding tert-OH is 2. The van der Waals surface area contributed by atoms with Crippen molar-refractivity contribution in [3.63, 3.8) is 0 Å². The normalized spacial score (nSPS) is 25.0. The molecule has 1 aliphatic rings. The number of ether oxygens (including phenoxy) is 1. The molecule has 13 heteroatoms. The van der Waals surface area contributed by atoms with Crippen molar-refractivity contribution in [1.82, 2.24) is 30.3 Å². The van der Waals surface area contributed by atoms with E-state index in [2.05, 4.69) is 20.3 Å². The van der Waals surface area contributed by atoms with Crippen molar-refractivity contribution in [3.8, 4) is 0 Å². The molecule has 0 bridgehead atoms.